The summed E-state index contributed by atoms with van der Waals surface area (Å²) in [5.74, 6) is 0. The summed E-state index contributed by atoms with van der Waals surface area (Å²) < 4.78 is 1.65. The molecule has 1 aromatic heterocycles. The topological polar surface area (TPSA) is 58.3 Å². The van der Waals surface area contributed by atoms with Crippen molar-refractivity contribution in [2.75, 3.05) is 6.61 Å². The van der Waals surface area contributed by atoms with E-state index in [-0.39, 0.29) is 13.2 Å². The molecule has 0 aliphatic rings. The number of aliphatic hydroxyl groups is 2. The van der Waals surface area contributed by atoms with Crippen molar-refractivity contribution in [1.82, 2.24) is 9.78 Å². The maximum Gasteiger partial charge on any atom is 0.0879 e. The van der Waals surface area contributed by atoms with Gasteiger partial charge in [-0.05, 0) is 19.9 Å². The quantitative estimate of drug-likeness (QED) is 0.676. The third kappa shape index (κ3) is 1.65. The minimum atomic E-state index is -0.395. The molecule has 0 aliphatic carbocycles. The van der Waals surface area contributed by atoms with Gasteiger partial charge in [0.25, 0.3) is 0 Å². The van der Waals surface area contributed by atoms with Gasteiger partial charge in [-0.25, -0.2) is 0 Å². The molecular weight excluding hydrogens is 156 g/mol. The van der Waals surface area contributed by atoms with Gasteiger partial charge in [0.2, 0.25) is 0 Å². The Morgan fingerprint density at radius 1 is 1.50 bits per heavy atom. The lowest BCUT2D eigenvalue weighted by atomic mass is 10.1. The Balaban J connectivity index is 2.88. The second kappa shape index (κ2) is 3.25. The SMILES string of the molecule is CC(C)(CO)n1ccc(CO)n1. The van der Waals surface area contributed by atoms with Crippen molar-refractivity contribution in [3.63, 3.8) is 0 Å². The average molecular weight is 170 g/mol. The van der Waals surface area contributed by atoms with E-state index in [0.717, 1.165) is 0 Å². The van der Waals surface area contributed by atoms with E-state index in [0.29, 0.717) is 5.69 Å². The third-order valence-corrected chi connectivity index (χ3v) is 1.81. The molecule has 0 bridgehead atoms. The first kappa shape index (κ1) is 9.22. The van der Waals surface area contributed by atoms with Gasteiger partial charge in [0, 0.05) is 6.20 Å². The van der Waals surface area contributed by atoms with Crippen molar-refractivity contribution in [1.29, 1.82) is 0 Å². The number of hydrogen-bond donors (Lipinski definition) is 2. The van der Waals surface area contributed by atoms with Crippen LogP contribution in [0.25, 0.3) is 0 Å². The van der Waals surface area contributed by atoms with E-state index in [1.807, 2.05) is 13.8 Å². The zero-order valence-electron chi connectivity index (χ0n) is 7.36. The van der Waals surface area contributed by atoms with Crippen LogP contribution in [0.2, 0.25) is 0 Å². The summed E-state index contributed by atoms with van der Waals surface area (Å²) in [6.45, 7) is 3.72. The second-order valence-corrected chi connectivity index (χ2v) is 3.38. The molecule has 1 aromatic rings. The summed E-state index contributed by atoms with van der Waals surface area (Å²) in [5, 5.41) is 21.8. The number of aromatic nitrogens is 2. The van der Waals surface area contributed by atoms with Crippen LogP contribution in [-0.2, 0) is 12.1 Å². The lowest BCUT2D eigenvalue weighted by molar-refractivity contribution is 0.150. The van der Waals surface area contributed by atoms with Crippen molar-refractivity contribution in [2.24, 2.45) is 0 Å². The van der Waals surface area contributed by atoms with E-state index in [9.17, 15) is 0 Å². The molecule has 68 valence electrons. The Hall–Kier alpha value is -0.870. The number of rotatable bonds is 3. The van der Waals surface area contributed by atoms with Crippen molar-refractivity contribution < 1.29 is 10.2 Å². The van der Waals surface area contributed by atoms with Crippen LogP contribution in [0, 0.1) is 0 Å². The highest BCUT2D eigenvalue weighted by Crippen LogP contribution is 2.12. The maximum absolute atomic E-state index is 9.01. The number of hydrogen-bond acceptors (Lipinski definition) is 3. The van der Waals surface area contributed by atoms with Gasteiger partial charge in [-0.15, -0.1) is 0 Å². The lowest BCUT2D eigenvalue weighted by Crippen LogP contribution is -2.30. The smallest absolute Gasteiger partial charge is 0.0879 e. The molecule has 0 fully saturated rings. The van der Waals surface area contributed by atoms with Crippen molar-refractivity contribution in [2.45, 2.75) is 26.0 Å². The van der Waals surface area contributed by atoms with Gasteiger partial charge in [0.15, 0.2) is 0 Å². The molecule has 0 atom stereocenters. The second-order valence-electron chi connectivity index (χ2n) is 3.38. The van der Waals surface area contributed by atoms with E-state index in [1.165, 1.54) is 0 Å². The predicted octanol–water partition coefficient (Wildman–Crippen LogP) is 0.103. The third-order valence-electron chi connectivity index (χ3n) is 1.81. The first-order valence-corrected chi connectivity index (χ1v) is 3.87. The van der Waals surface area contributed by atoms with Crippen molar-refractivity contribution >= 4 is 0 Å². The Kier molecular flexibility index (Phi) is 2.49. The molecule has 0 spiro atoms. The molecule has 2 N–H and O–H groups in total. The van der Waals surface area contributed by atoms with E-state index in [2.05, 4.69) is 5.10 Å². The molecular formula is C8H14N2O2. The van der Waals surface area contributed by atoms with E-state index >= 15 is 0 Å². The molecule has 0 amide bonds. The van der Waals surface area contributed by atoms with Crippen LogP contribution in [0.1, 0.15) is 19.5 Å². The van der Waals surface area contributed by atoms with Crippen LogP contribution >= 0.6 is 0 Å². The molecule has 1 heterocycles. The molecule has 0 radical (unpaired) electrons. The Morgan fingerprint density at radius 2 is 2.17 bits per heavy atom. The molecule has 0 unspecified atom stereocenters. The van der Waals surface area contributed by atoms with Crippen LogP contribution in [0.3, 0.4) is 0 Å². The summed E-state index contributed by atoms with van der Waals surface area (Å²) >= 11 is 0. The maximum atomic E-state index is 9.01. The van der Waals surface area contributed by atoms with Crippen molar-refractivity contribution in [3.05, 3.63) is 18.0 Å². The fraction of sp³-hybridized carbons (Fsp3) is 0.625. The first-order chi connectivity index (χ1) is 5.60. The molecule has 12 heavy (non-hydrogen) atoms. The lowest BCUT2D eigenvalue weighted by Gasteiger charge is -2.22. The minimum absolute atomic E-state index is 0.0273. The van der Waals surface area contributed by atoms with Gasteiger partial charge in [-0.2, -0.15) is 5.10 Å². The Bertz CT molecular complexity index is 255. The Morgan fingerprint density at radius 3 is 2.58 bits per heavy atom. The highest BCUT2D eigenvalue weighted by molar-refractivity contribution is 4.99. The van der Waals surface area contributed by atoms with Crippen LogP contribution in [0.5, 0.6) is 0 Å². The number of aliphatic hydroxyl groups excluding tert-OH is 2. The summed E-state index contributed by atoms with van der Waals surface area (Å²) in [6, 6.07) is 1.73. The van der Waals surface area contributed by atoms with Gasteiger partial charge in [-0.1, -0.05) is 0 Å². The molecule has 0 aromatic carbocycles. The fourth-order valence-corrected chi connectivity index (χ4v) is 0.856. The zero-order valence-corrected chi connectivity index (χ0v) is 7.36. The van der Waals surface area contributed by atoms with Crippen LogP contribution in [0.15, 0.2) is 12.3 Å². The Labute approximate surface area is 71.5 Å². The minimum Gasteiger partial charge on any atom is -0.394 e. The molecule has 4 nitrogen and oxygen atoms in total. The standard InChI is InChI=1S/C8H14N2O2/c1-8(2,6-12)10-4-3-7(5-11)9-10/h3-4,11-12H,5-6H2,1-2H3. The summed E-state index contributed by atoms with van der Waals surface area (Å²) in [6.07, 6.45) is 1.75. The fourth-order valence-electron chi connectivity index (χ4n) is 0.856. The van der Waals surface area contributed by atoms with Gasteiger partial charge >= 0.3 is 0 Å². The van der Waals surface area contributed by atoms with Gasteiger partial charge in [0.05, 0.1) is 24.4 Å². The molecule has 4 heteroatoms. The summed E-state index contributed by atoms with van der Waals surface area (Å²) in [7, 11) is 0. The van der Waals surface area contributed by atoms with Gasteiger partial charge in [-0.3, -0.25) is 4.68 Å². The average Bonchev–Trinajstić information content (AvgIpc) is 2.52. The predicted molar refractivity (Wildman–Crippen MR) is 44.6 cm³/mol. The van der Waals surface area contributed by atoms with E-state index in [4.69, 9.17) is 10.2 Å². The monoisotopic (exact) mass is 170 g/mol. The molecule has 1 rings (SSSR count). The normalized spacial score (nSPS) is 12.0. The summed E-state index contributed by atoms with van der Waals surface area (Å²) in [4.78, 5) is 0. The highest BCUT2D eigenvalue weighted by Gasteiger charge is 2.19. The van der Waals surface area contributed by atoms with Crippen LogP contribution < -0.4 is 0 Å². The molecule has 0 saturated heterocycles. The largest absolute Gasteiger partial charge is 0.394 e. The van der Waals surface area contributed by atoms with Gasteiger partial charge < -0.3 is 10.2 Å². The van der Waals surface area contributed by atoms with Crippen molar-refractivity contribution in [3.8, 4) is 0 Å². The molecule has 0 aliphatic heterocycles. The van der Waals surface area contributed by atoms with Crippen LogP contribution in [-0.4, -0.2) is 26.6 Å². The van der Waals surface area contributed by atoms with E-state index in [1.54, 1.807) is 16.9 Å². The first-order valence-electron chi connectivity index (χ1n) is 3.87. The molecule has 0 saturated carbocycles. The van der Waals surface area contributed by atoms with Crippen LogP contribution in [0.4, 0.5) is 0 Å². The van der Waals surface area contributed by atoms with Gasteiger partial charge in [0.1, 0.15) is 0 Å². The zero-order chi connectivity index (χ0) is 9.19. The highest BCUT2D eigenvalue weighted by atomic mass is 16.3. The number of nitrogens with zero attached hydrogens (tertiary/aromatic N) is 2. The summed E-state index contributed by atoms with van der Waals surface area (Å²) in [5.41, 5.74) is 0.226. The van der Waals surface area contributed by atoms with E-state index < -0.39 is 5.54 Å².